The molecule has 3 atom stereocenters. The molecule has 0 bridgehead atoms. The van der Waals surface area contributed by atoms with E-state index in [0.717, 1.165) is 47.4 Å². The summed E-state index contributed by atoms with van der Waals surface area (Å²) in [6.45, 7) is 2.58. The van der Waals surface area contributed by atoms with Crippen LogP contribution in [0.15, 0.2) is 36.7 Å². The van der Waals surface area contributed by atoms with Crippen molar-refractivity contribution in [1.29, 1.82) is 0 Å². The average molecular weight is 529 g/mol. The summed E-state index contributed by atoms with van der Waals surface area (Å²) < 4.78 is 41.7. The van der Waals surface area contributed by atoms with Crippen molar-refractivity contribution in [2.24, 2.45) is 5.41 Å². The molecule has 0 radical (unpaired) electrons. The maximum absolute atomic E-state index is 14.5. The lowest BCUT2D eigenvalue weighted by atomic mass is 9.85. The van der Waals surface area contributed by atoms with Gasteiger partial charge in [-0.15, -0.1) is 0 Å². The SMILES string of the molecule is C[C@@H]1Cc2c(ccc3[nH]ncc23)[C@@H](c2ccc(N[C@@H]3CN(CCCF)CC34CC4)cn2)N1CC(F)(F)CO. The Hall–Kier alpha value is -2.69. The van der Waals surface area contributed by atoms with Crippen molar-refractivity contribution in [3.8, 4) is 0 Å². The van der Waals surface area contributed by atoms with E-state index in [0.29, 0.717) is 24.6 Å². The number of alkyl halides is 3. The van der Waals surface area contributed by atoms with Crippen molar-refractivity contribution < 1.29 is 18.3 Å². The van der Waals surface area contributed by atoms with Gasteiger partial charge in [0, 0.05) is 42.5 Å². The second-order valence-electron chi connectivity index (χ2n) is 11.4. The fourth-order valence-electron chi connectivity index (χ4n) is 6.56. The molecule has 0 amide bonds. The highest BCUT2D eigenvalue weighted by Crippen LogP contribution is 2.53. The zero-order valence-corrected chi connectivity index (χ0v) is 21.6. The number of aromatic nitrogens is 3. The van der Waals surface area contributed by atoms with Crippen molar-refractivity contribution >= 4 is 16.6 Å². The van der Waals surface area contributed by atoms with E-state index in [9.17, 15) is 18.3 Å². The molecule has 1 spiro atoms. The Bertz CT molecular complexity index is 1280. The van der Waals surface area contributed by atoms with Gasteiger partial charge in [-0.25, -0.2) is 8.78 Å². The Kier molecular flexibility index (Phi) is 6.60. The molecule has 1 aromatic carbocycles. The van der Waals surface area contributed by atoms with E-state index in [1.54, 1.807) is 17.3 Å². The standard InChI is InChI=1S/C28H35F3N6O/c1-18-11-21-20(4-6-23-22(21)13-33-35-23)26(37(18)16-28(30,31)17-38)24-5-3-19(12-32-24)34-25-14-36(10-2-9-29)15-27(25)7-8-27/h3-6,12-13,18,25-26,34,38H,2,7-11,14-17H2,1H3,(H,33,35)/t18-,25-,26+/m1/s1. The number of aliphatic hydroxyl groups is 1. The van der Waals surface area contributed by atoms with E-state index in [4.69, 9.17) is 4.98 Å². The highest BCUT2D eigenvalue weighted by atomic mass is 19.3. The molecule has 3 N–H and O–H groups in total. The molecule has 4 heterocycles. The number of nitrogens with zero attached hydrogens (tertiary/aromatic N) is 4. The van der Waals surface area contributed by atoms with Crippen molar-refractivity contribution in [3.05, 3.63) is 53.5 Å². The van der Waals surface area contributed by atoms with E-state index >= 15 is 0 Å². The highest BCUT2D eigenvalue weighted by molar-refractivity contribution is 5.83. The third kappa shape index (κ3) is 4.67. The van der Waals surface area contributed by atoms with E-state index < -0.39 is 25.1 Å². The first-order chi connectivity index (χ1) is 18.3. The minimum Gasteiger partial charge on any atom is -0.390 e. The Morgan fingerprint density at radius 2 is 2.05 bits per heavy atom. The topological polar surface area (TPSA) is 80.3 Å². The molecular formula is C28H35F3N6O. The van der Waals surface area contributed by atoms with E-state index in [-0.39, 0.29) is 18.1 Å². The van der Waals surface area contributed by atoms with Gasteiger partial charge in [0.05, 0.1) is 48.6 Å². The summed E-state index contributed by atoms with van der Waals surface area (Å²) in [5.41, 5.74) is 4.81. The highest BCUT2D eigenvalue weighted by Gasteiger charge is 2.54. The zero-order valence-electron chi connectivity index (χ0n) is 21.6. The quantitative estimate of drug-likeness (QED) is 0.387. The van der Waals surface area contributed by atoms with Gasteiger partial charge in [0.1, 0.15) is 6.61 Å². The Morgan fingerprint density at radius 3 is 2.76 bits per heavy atom. The molecule has 0 unspecified atom stereocenters. The van der Waals surface area contributed by atoms with E-state index in [2.05, 4.69) is 20.4 Å². The lowest BCUT2D eigenvalue weighted by Gasteiger charge is -2.43. The number of aliphatic hydroxyl groups excluding tert-OH is 1. The molecule has 3 aromatic rings. The van der Waals surface area contributed by atoms with E-state index in [1.807, 2.05) is 31.2 Å². The molecule has 3 aliphatic rings. The van der Waals surface area contributed by atoms with Gasteiger partial charge in [-0.3, -0.25) is 19.4 Å². The third-order valence-electron chi connectivity index (χ3n) is 8.74. The monoisotopic (exact) mass is 528 g/mol. The van der Waals surface area contributed by atoms with Crippen LogP contribution in [-0.2, 0) is 6.42 Å². The van der Waals surface area contributed by atoms with Crippen LogP contribution >= 0.6 is 0 Å². The number of likely N-dealkylation sites (tertiary alicyclic amines) is 1. The van der Waals surface area contributed by atoms with Crippen LogP contribution in [0.1, 0.15) is 49.0 Å². The summed E-state index contributed by atoms with van der Waals surface area (Å²) in [4.78, 5) is 8.90. The lowest BCUT2D eigenvalue weighted by molar-refractivity contribution is -0.0864. The molecule has 38 heavy (non-hydrogen) atoms. The fourth-order valence-corrected chi connectivity index (χ4v) is 6.56. The van der Waals surface area contributed by atoms with Crippen molar-refractivity contribution in [2.45, 2.75) is 56.7 Å². The number of H-pyrrole nitrogens is 1. The van der Waals surface area contributed by atoms with Gasteiger partial charge < -0.3 is 15.3 Å². The molecular weight excluding hydrogens is 493 g/mol. The van der Waals surface area contributed by atoms with Crippen LogP contribution in [0.3, 0.4) is 0 Å². The minimum atomic E-state index is -3.22. The third-order valence-corrected chi connectivity index (χ3v) is 8.74. The summed E-state index contributed by atoms with van der Waals surface area (Å²) in [6, 6.07) is 7.46. The maximum atomic E-state index is 14.5. The Morgan fingerprint density at radius 1 is 1.21 bits per heavy atom. The van der Waals surface area contributed by atoms with Crippen LogP contribution in [-0.4, -0.2) is 87.6 Å². The van der Waals surface area contributed by atoms with Gasteiger partial charge in [-0.1, -0.05) is 6.07 Å². The molecule has 204 valence electrons. The van der Waals surface area contributed by atoms with Crippen LogP contribution in [0.25, 0.3) is 10.9 Å². The summed E-state index contributed by atoms with van der Waals surface area (Å²) in [7, 11) is 0. The summed E-state index contributed by atoms with van der Waals surface area (Å²) >= 11 is 0. The van der Waals surface area contributed by atoms with Crippen LogP contribution in [0.4, 0.5) is 18.9 Å². The fraction of sp³-hybridized carbons (Fsp3) is 0.571. The molecule has 7 nitrogen and oxygen atoms in total. The van der Waals surface area contributed by atoms with Gasteiger partial charge >= 0.3 is 0 Å². The number of nitrogens with one attached hydrogen (secondary N) is 2. The number of anilines is 1. The number of fused-ring (bicyclic) bond motifs is 3. The van der Waals surface area contributed by atoms with Gasteiger partial charge in [0.25, 0.3) is 5.92 Å². The molecule has 2 aliphatic heterocycles. The summed E-state index contributed by atoms with van der Waals surface area (Å²) in [5, 5.41) is 21.2. The van der Waals surface area contributed by atoms with Gasteiger partial charge in [-0.05, 0) is 61.9 Å². The van der Waals surface area contributed by atoms with Crippen LogP contribution < -0.4 is 5.32 Å². The number of pyridine rings is 1. The lowest BCUT2D eigenvalue weighted by Crippen LogP contribution is -2.49. The molecule has 6 rings (SSSR count). The number of hydrogen-bond acceptors (Lipinski definition) is 6. The second-order valence-corrected chi connectivity index (χ2v) is 11.4. The Labute approximate surface area is 220 Å². The van der Waals surface area contributed by atoms with Gasteiger partial charge in [0.2, 0.25) is 0 Å². The largest absolute Gasteiger partial charge is 0.390 e. The smallest absolute Gasteiger partial charge is 0.283 e. The second kappa shape index (κ2) is 9.81. The first kappa shape index (κ1) is 25.6. The molecule has 1 saturated heterocycles. The van der Waals surface area contributed by atoms with Crippen LogP contribution in [0.2, 0.25) is 0 Å². The van der Waals surface area contributed by atoms with Gasteiger partial charge in [-0.2, -0.15) is 5.10 Å². The average Bonchev–Trinajstić information content (AvgIpc) is 3.37. The van der Waals surface area contributed by atoms with Crippen LogP contribution in [0.5, 0.6) is 0 Å². The first-order valence-corrected chi connectivity index (χ1v) is 13.5. The number of benzene rings is 1. The zero-order chi connectivity index (χ0) is 26.5. The molecule has 10 heteroatoms. The number of aromatic amines is 1. The van der Waals surface area contributed by atoms with Crippen molar-refractivity contribution in [2.75, 3.05) is 44.8 Å². The number of rotatable bonds is 9. The minimum absolute atomic E-state index is 0.187. The predicted molar refractivity (Wildman–Crippen MR) is 140 cm³/mol. The van der Waals surface area contributed by atoms with E-state index in [1.165, 1.54) is 12.8 Å². The van der Waals surface area contributed by atoms with Crippen LogP contribution in [0, 0.1) is 5.41 Å². The molecule has 2 fully saturated rings. The summed E-state index contributed by atoms with van der Waals surface area (Å²) in [6.07, 6.45) is 7.12. The molecule has 1 saturated carbocycles. The number of halogens is 3. The molecule has 1 aliphatic carbocycles. The number of hydrogen-bond donors (Lipinski definition) is 3. The maximum Gasteiger partial charge on any atom is 0.283 e. The van der Waals surface area contributed by atoms with Gasteiger partial charge in [0.15, 0.2) is 0 Å². The normalized spacial score (nSPS) is 25.2. The molecule has 2 aromatic heterocycles. The van der Waals surface area contributed by atoms with Crippen molar-refractivity contribution in [1.82, 2.24) is 25.0 Å². The van der Waals surface area contributed by atoms with Crippen molar-refractivity contribution in [3.63, 3.8) is 0 Å². The summed E-state index contributed by atoms with van der Waals surface area (Å²) in [5.74, 6) is -3.22. The first-order valence-electron chi connectivity index (χ1n) is 13.5. The predicted octanol–water partition coefficient (Wildman–Crippen LogP) is 4.16. The Balaban J connectivity index is 1.29.